The summed E-state index contributed by atoms with van der Waals surface area (Å²) in [5.41, 5.74) is -1.60. The van der Waals surface area contributed by atoms with Crippen molar-refractivity contribution in [1.29, 1.82) is 0 Å². The van der Waals surface area contributed by atoms with Crippen LogP contribution in [0, 0.1) is 21.7 Å². The number of nitro groups is 1. The van der Waals surface area contributed by atoms with E-state index in [1.807, 2.05) is 0 Å². The molecule has 1 amide bonds. The molecule has 124 valence electrons. The van der Waals surface area contributed by atoms with Crippen LogP contribution < -0.4 is 5.32 Å². The monoisotopic (exact) mass is 335 g/mol. The van der Waals surface area contributed by atoms with Crippen LogP contribution in [0.25, 0.3) is 0 Å². The first-order valence-corrected chi connectivity index (χ1v) is 6.67. The molecular formula is C15H11F2N3O4. The zero-order chi connectivity index (χ0) is 17.9. The van der Waals surface area contributed by atoms with E-state index in [4.69, 9.17) is 0 Å². The number of rotatable bonds is 5. The molecule has 0 aliphatic heterocycles. The van der Waals surface area contributed by atoms with Gasteiger partial charge in [-0.3, -0.25) is 19.7 Å². The Morgan fingerprint density at radius 2 is 1.96 bits per heavy atom. The lowest BCUT2D eigenvalue weighted by Gasteiger charge is -2.06. The molecule has 2 aromatic rings. The Labute approximate surface area is 134 Å². The summed E-state index contributed by atoms with van der Waals surface area (Å²) in [5.74, 6) is -3.71. The Hall–Kier alpha value is -3.23. The van der Waals surface area contributed by atoms with E-state index < -0.39 is 40.0 Å². The maximum Gasteiger partial charge on any atom is 0.305 e. The van der Waals surface area contributed by atoms with Crippen LogP contribution >= 0.6 is 0 Å². The zero-order valence-electron chi connectivity index (χ0n) is 12.4. The number of carbonyl (C=O) groups excluding carboxylic acids is 2. The van der Waals surface area contributed by atoms with Gasteiger partial charge < -0.3 is 5.32 Å². The molecule has 1 aromatic heterocycles. The average Bonchev–Trinajstić information content (AvgIpc) is 2.48. The highest BCUT2D eigenvalue weighted by atomic mass is 19.1. The Morgan fingerprint density at radius 3 is 2.50 bits per heavy atom. The smallest absolute Gasteiger partial charge is 0.305 e. The van der Waals surface area contributed by atoms with E-state index in [1.54, 1.807) is 0 Å². The third kappa shape index (κ3) is 3.75. The molecule has 0 unspecified atom stereocenters. The van der Waals surface area contributed by atoms with E-state index in [-0.39, 0.29) is 11.7 Å². The van der Waals surface area contributed by atoms with Crippen LogP contribution in [0.1, 0.15) is 22.8 Å². The van der Waals surface area contributed by atoms with E-state index in [0.29, 0.717) is 17.7 Å². The fraction of sp³-hybridized carbons (Fsp3) is 0.133. The highest BCUT2D eigenvalue weighted by Gasteiger charge is 2.26. The summed E-state index contributed by atoms with van der Waals surface area (Å²) < 4.78 is 27.7. The fourth-order valence-electron chi connectivity index (χ4n) is 2.00. The van der Waals surface area contributed by atoms with Crippen LogP contribution in [0.15, 0.2) is 30.5 Å². The quantitative estimate of drug-likeness (QED) is 0.514. The topological polar surface area (TPSA) is 102 Å². The summed E-state index contributed by atoms with van der Waals surface area (Å²) >= 11 is 0. The maximum absolute atomic E-state index is 14.0. The average molecular weight is 335 g/mol. The molecule has 1 N–H and O–H groups in total. The summed E-state index contributed by atoms with van der Waals surface area (Å²) in [6.07, 6.45) is 0.860. The number of benzene rings is 1. The number of hydrogen-bond acceptors (Lipinski definition) is 5. The van der Waals surface area contributed by atoms with Crippen molar-refractivity contribution in [2.75, 3.05) is 5.32 Å². The van der Waals surface area contributed by atoms with Gasteiger partial charge in [-0.25, -0.2) is 9.37 Å². The van der Waals surface area contributed by atoms with Crippen LogP contribution in [0.3, 0.4) is 0 Å². The number of Topliss-reactive ketones (excluding diaryl/α,β-unsaturated/α-hetero) is 1. The van der Waals surface area contributed by atoms with Crippen molar-refractivity contribution >= 4 is 23.2 Å². The Balaban J connectivity index is 2.25. The molecule has 24 heavy (non-hydrogen) atoms. The molecule has 0 aliphatic rings. The molecule has 0 saturated heterocycles. The SMILES string of the molecule is CC(=O)Nc1ccc(CC(=O)c2c(F)ccc([N+](=O)[O-])c2F)cn1. The van der Waals surface area contributed by atoms with Gasteiger partial charge in [0.15, 0.2) is 5.78 Å². The Morgan fingerprint density at radius 1 is 1.25 bits per heavy atom. The highest BCUT2D eigenvalue weighted by Crippen LogP contribution is 2.24. The molecule has 7 nitrogen and oxygen atoms in total. The number of ketones is 1. The van der Waals surface area contributed by atoms with E-state index in [2.05, 4.69) is 10.3 Å². The lowest BCUT2D eigenvalue weighted by molar-refractivity contribution is -0.387. The van der Waals surface area contributed by atoms with Gasteiger partial charge in [0.25, 0.3) is 0 Å². The largest absolute Gasteiger partial charge is 0.311 e. The second kappa shape index (κ2) is 6.90. The summed E-state index contributed by atoms with van der Waals surface area (Å²) in [7, 11) is 0. The van der Waals surface area contributed by atoms with E-state index in [0.717, 1.165) is 0 Å². The number of carbonyl (C=O) groups is 2. The lowest BCUT2D eigenvalue weighted by atomic mass is 10.0. The molecule has 9 heteroatoms. The fourth-order valence-corrected chi connectivity index (χ4v) is 2.00. The van der Waals surface area contributed by atoms with Gasteiger partial charge in [0.2, 0.25) is 11.7 Å². The van der Waals surface area contributed by atoms with E-state index in [9.17, 15) is 28.5 Å². The predicted octanol–water partition coefficient (Wildman–Crippen LogP) is 2.65. The van der Waals surface area contributed by atoms with Crippen molar-refractivity contribution in [3.05, 3.63) is 63.3 Å². The van der Waals surface area contributed by atoms with E-state index >= 15 is 0 Å². The third-order valence-electron chi connectivity index (χ3n) is 3.04. The first kappa shape index (κ1) is 17.1. The van der Waals surface area contributed by atoms with Crippen LogP contribution in [-0.4, -0.2) is 21.6 Å². The summed E-state index contributed by atoms with van der Waals surface area (Å²) in [6.45, 7) is 1.30. The molecule has 0 bridgehead atoms. The number of nitrogens with one attached hydrogen (secondary N) is 1. The molecule has 0 aliphatic carbocycles. The van der Waals surface area contributed by atoms with Crippen molar-refractivity contribution < 1.29 is 23.3 Å². The number of nitrogens with zero attached hydrogens (tertiary/aromatic N) is 2. The molecule has 0 radical (unpaired) electrons. The normalized spacial score (nSPS) is 10.3. The van der Waals surface area contributed by atoms with Crippen LogP contribution in [-0.2, 0) is 11.2 Å². The van der Waals surface area contributed by atoms with Crippen molar-refractivity contribution in [1.82, 2.24) is 4.98 Å². The minimum atomic E-state index is -1.51. The first-order valence-electron chi connectivity index (χ1n) is 6.67. The molecule has 2 rings (SSSR count). The van der Waals surface area contributed by atoms with E-state index in [1.165, 1.54) is 25.3 Å². The second-order valence-corrected chi connectivity index (χ2v) is 4.85. The number of hydrogen-bond donors (Lipinski definition) is 1. The molecule has 0 fully saturated rings. The number of anilines is 1. The first-order chi connectivity index (χ1) is 11.3. The molecular weight excluding hydrogens is 324 g/mol. The summed E-state index contributed by atoms with van der Waals surface area (Å²) in [5, 5.41) is 13.1. The van der Waals surface area contributed by atoms with Crippen LogP contribution in [0.5, 0.6) is 0 Å². The molecule has 0 spiro atoms. The van der Waals surface area contributed by atoms with Gasteiger partial charge in [0.1, 0.15) is 11.6 Å². The maximum atomic E-state index is 14.0. The predicted molar refractivity (Wildman–Crippen MR) is 79.6 cm³/mol. The number of halogens is 2. The molecule has 1 aromatic carbocycles. The van der Waals surface area contributed by atoms with Gasteiger partial charge in [0.05, 0.1) is 10.5 Å². The summed E-state index contributed by atoms with van der Waals surface area (Å²) in [6, 6.07) is 4.20. The van der Waals surface area contributed by atoms with Crippen LogP contribution in [0.2, 0.25) is 0 Å². The lowest BCUT2D eigenvalue weighted by Crippen LogP contribution is -2.12. The van der Waals surface area contributed by atoms with Crippen molar-refractivity contribution in [3.63, 3.8) is 0 Å². The van der Waals surface area contributed by atoms with Gasteiger partial charge in [-0.15, -0.1) is 0 Å². The van der Waals surface area contributed by atoms with Gasteiger partial charge in [-0.05, 0) is 17.7 Å². The third-order valence-corrected chi connectivity index (χ3v) is 3.04. The number of pyridine rings is 1. The molecule has 1 heterocycles. The number of nitro benzene ring substituents is 1. The minimum absolute atomic E-state index is 0.256. The highest BCUT2D eigenvalue weighted by molar-refractivity contribution is 5.98. The van der Waals surface area contributed by atoms with Crippen molar-refractivity contribution in [2.45, 2.75) is 13.3 Å². The minimum Gasteiger partial charge on any atom is -0.311 e. The Bertz CT molecular complexity index is 822. The van der Waals surface area contributed by atoms with Crippen LogP contribution in [0.4, 0.5) is 20.3 Å². The van der Waals surface area contributed by atoms with Gasteiger partial charge >= 0.3 is 5.69 Å². The van der Waals surface area contributed by atoms with Gasteiger partial charge in [0, 0.05) is 25.6 Å². The molecule has 0 saturated carbocycles. The Kier molecular flexibility index (Phi) is 4.93. The van der Waals surface area contributed by atoms with Crippen molar-refractivity contribution in [2.24, 2.45) is 0 Å². The standard InChI is InChI=1S/C15H11F2N3O4/c1-8(21)19-13-5-2-9(7-18-13)6-12(22)14-10(16)3-4-11(15(14)17)20(23)24/h2-5,7H,6H2,1H3,(H,18,19,21). The number of aromatic nitrogens is 1. The second-order valence-electron chi connectivity index (χ2n) is 4.85. The van der Waals surface area contributed by atoms with Gasteiger partial charge in [-0.2, -0.15) is 4.39 Å². The van der Waals surface area contributed by atoms with Crippen molar-refractivity contribution in [3.8, 4) is 0 Å². The molecule has 0 atom stereocenters. The zero-order valence-corrected chi connectivity index (χ0v) is 12.4. The number of amides is 1. The summed E-state index contributed by atoms with van der Waals surface area (Å²) in [4.78, 5) is 36.5. The van der Waals surface area contributed by atoms with Gasteiger partial charge in [-0.1, -0.05) is 6.07 Å².